The first-order valence-electron chi connectivity index (χ1n) is 12.6. The first-order chi connectivity index (χ1) is 18.4. The van der Waals surface area contributed by atoms with Crippen LogP contribution in [0.1, 0.15) is 31.9 Å². The quantitative estimate of drug-likeness (QED) is 0.321. The number of carbonyl (C=O) groups excluding carboxylic acids is 2. The van der Waals surface area contributed by atoms with E-state index in [-0.39, 0.29) is 39.1 Å². The first kappa shape index (κ1) is 30.5. The molecule has 0 unspecified atom stereocenters. The predicted octanol–water partition coefficient (Wildman–Crippen LogP) is 5.48. The highest BCUT2D eigenvalue weighted by molar-refractivity contribution is 7.92. The molecule has 7 nitrogen and oxygen atoms in total. The zero-order chi connectivity index (χ0) is 28.7. The van der Waals surface area contributed by atoms with Gasteiger partial charge in [0.25, 0.3) is 10.0 Å². The van der Waals surface area contributed by atoms with Gasteiger partial charge in [-0.25, -0.2) is 8.42 Å². The molecule has 0 saturated heterocycles. The van der Waals surface area contributed by atoms with Crippen molar-refractivity contribution in [2.75, 3.05) is 17.4 Å². The second-order valence-electron chi connectivity index (χ2n) is 9.58. The van der Waals surface area contributed by atoms with Crippen molar-refractivity contribution >= 4 is 50.7 Å². The van der Waals surface area contributed by atoms with Gasteiger partial charge in [-0.3, -0.25) is 13.9 Å². The molecule has 1 atom stereocenters. The van der Waals surface area contributed by atoms with Crippen LogP contribution in [0.15, 0.2) is 77.7 Å². The van der Waals surface area contributed by atoms with Crippen molar-refractivity contribution < 1.29 is 18.0 Å². The van der Waals surface area contributed by atoms with Gasteiger partial charge in [0.2, 0.25) is 11.8 Å². The number of halogens is 2. The van der Waals surface area contributed by atoms with E-state index in [1.807, 2.05) is 51.1 Å². The summed E-state index contributed by atoms with van der Waals surface area (Å²) in [5, 5.41) is 3.21. The number of nitrogens with one attached hydrogen (secondary N) is 1. The van der Waals surface area contributed by atoms with Gasteiger partial charge in [-0.1, -0.05) is 71.2 Å². The second kappa shape index (κ2) is 13.3. The highest BCUT2D eigenvalue weighted by atomic mass is 35.5. The van der Waals surface area contributed by atoms with Crippen LogP contribution in [0.3, 0.4) is 0 Å². The van der Waals surface area contributed by atoms with E-state index < -0.39 is 28.5 Å². The zero-order valence-electron chi connectivity index (χ0n) is 22.4. The van der Waals surface area contributed by atoms with Crippen LogP contribution in [0.25, 0.3) is 0 Å². The summed E-state index contributed by atoms with van der Waals surface area (Å²) in [5.74, 6) is -0.885. The number of benzene rings is 3. The summed E-state index contributed by atoms with van der Waals surface area (Å²) in [5.41, 5.74) is 1.93. The average molecular weight is 591 g/mol. The Morgan fingerprint density at radius 3 is 2.18 bits per heavy atom. The van der Waals surface area contributed by atoms with Gasteiger partial charge in [0.05, 0.1) is 15.6 Å². The Morgan fingerprint density at radius 1 is 0.923 bits per heavy atom. The minimum Gasteiger partial charge on any atom is -0.352 e. The lowest BCUT2D eigenvalue weighted by Gasteiger charge is -2.32. The van der Waals surface area contributed by atoms with Crippen LogP contribution in [0.5, 0.6) is 0 Å². The van der Waals surface area contributed by atoms with Crippen LogP contribution in [-0.4, -0.2) is 50.3 Å². The monoisotopic (exact) mass is 589 g/mol. The number of sulfonamides is 1. The van der Waals surface area contributed by atoms with Gasteiger partial charge in [-0.15, -0.1) is 0 Å². The van der Waals surface area contributed by atoms with Gasteiger partial charge in [-0.05, 0) is 70.0 Å². The highest BCUT2D eigenvalue weighted by Gasteiger charge is 2.33. The molecule has 0 bridgehead atoms. The Bertz CT molecular complexity index is 1400. The molecule has 39 heavy (non-hydrogen) atoms. The van der Waals surface area contributed by atoms with Crippen molar-refractivity contribution in [3.05, 3.63) is 94.0 Å². The van der Waals surface area contributed by atoms with Crippen LogP contribution in [-0.2, 0) is 26.0 Å². The van der Waals surface area contributed by atoms with E-state index >= 15 is 0 Å². The molecule has 0 aliphatic heterocycles. The summed E-state index contributed by atoms with van der Waals surface area (Å²) in [6.07, 6.45) is 0.481. The van der Waals surface area contributed by atoms with E-state index in [0.717, 1.165) is 15.4 Å². The third-order valence-corrected chi connectivity index (χ3v) is 8.48. The van der Waals surface area contributed by atoms with Gasteiger partial charge in [-0.2, -0.15) is 0 Å². The molecule has 208 valence electrons. The van der Waals surface area contributed by atoms with Gasteiger partial charge in [0.15, 0.2) is 0 Å². The van der Waals surface area contributed by atoms with Crippen molar-refractivity contribution in [2.45, 2.75) is 51.1 Å². The van der Waals surface area contributed by atoms with Crippen molar-refractivity contribution in [1.82, 2.24) is 10.2 Å². The highest BCUT2D eigenvalue weighted by Crippen LogP contribution is 2.33. The minimum absolute atomic E-state index is 0.00150. The van der Waals surface area contributed by atoms with E-state index in [9.17, 15) is 18.0 Å². The maximum absolute atomic E-state index is 13.9. The number of anilines is 1. The standard InChI is InChI=1S/C29H33Cl2N3O4S/c1-20(2)32-29(36)22(4)33(17-16-23-8-6-5-7-9-23)28(35)19-34(27-18-24(30)12-15-26(27)31)39(37,38)25-13-10-21(3)11-14-25/h5-15,18,20,22H,16-17,19H2,1-4H3,(H,32,36)/t22-/m1/s1. The van der Waals surface area contributed by atoms with E-state index in [0.29, 0.717) is 6.42 Å². The molecule has 10 heteroatoms. The molecule has 0 radical (unpaired) electrons. The maximum Gasteiger partial charge on any atom is 0.264 e. The van der Waals surface area contributed by atoms with Crippen LogP contribution in [0.4, 0.5) is 5.69 Å². The molecule has 1 N–H and O–H groups in total. The smallest absolute Gasteiger partial charge is 0.264 e. The van der Waals surface area contributed by atoms with Gasteiger partial charge < -0.3 is 10.2 Å². The number of rotatable bonds is 11. The molecule has 0 aliphatic rings. The Morgan fingerprint density at radius 2 is 1.56 bits per heavy atom. The Hall–Kier alpha value is -3.07. The molecule has 2 amide bonds. The summed E-state index contributed by atoms with van der Waals surface area (Å²) < 4.78 is 28.7. The van der Waals surface area contributed by atoms with E-state index in [2.05, 4.69) is 5.32 Å². The van der Waals surface area contributed by atoms with E-state index in [1.54, 1.807) is 19.1 Å². The molecule has 0 aromatic heterocycles. The van der Waals surface area contributed by atoms with Crippen LogP contribution < -0.4 is 9.62 Å². The number of hydrogen-bond donors (Lipinski definition) is 1. The molecular weight excluding hydrogens is 557 g/mol. The zero-order valence-corrected chi connectivity index (χ0v) is 24.7. The van der Waals surface area contributed by atoms with Crippen molar-refractivity contribution in [3.63, 3.8) is 0 Å². The summed E-state index contributed by atoms with van der Waals surface area (Å²) >= 11 is 12.6. The SMILES string of the molecule is Cc1ccc(S(=O)(=O)N(CC(=O)N(CCc2ccccc2)[C@H](C)C(=O)NC(C)C)c2cc(Cl)ccc2Cl)cc1. The first-order valence-corrected chi connectivity index (χ1v) is 14.8. The number of amides is 2. The molecule has 3 rings (SSSR count). The fraction of sp³-hybridized carbons (Fsp3) is 0.310. The molecular formula is C29H33Cl2N3O4S. The van der Waals surface area contributed by atoms with Gasteiger partial charge >= 0.3 is 0 Å². The molecule has 0 aliphatic carbocycles. The Labute approximate surface area is 240 Å². The number of aryl methyl sites for hydroxylation is 1. The molecule has 0 fully saturated rings. The summed E-state index contributed by atoms with van der Waals surface area (Å²) in [6, 6.07) is 19.3. The number of carbonyl (C=O) groups is 2. The van der Waals surface area contributed by atoms with Gasteiger partial charge in [0.1, 0.15) is 12.6 Å². The molecule has 0 heterocycles. The topological polar surface area (TPSA) is 86.8 Å². The van der Waals surface area contributed by atoms with Crippen molar-refractivity contribution in [2.24, 2.45) is 0 Å². The van der Waals surface area contributed by atoms with Crippen LogP contribution in [0.2, 0.25) is 10.0 Å². The summed E-state index contributed by atoms with van der Waals surface area (Å²) in [6.45, 7) is 6.77. The third-order valence-electron chi connectivity index (χ3n) is 6.15. The third kappa shape index (κ3) is 7.97. The molecule has 0 spiro atoms. The number of hydrogen-bond acceptors (Lipinski definition) is 4. The molecule has 3 aromatic carbocycles. The Kier molecular flexibility index (Phi) is 10.4. The minimum atomic E-state index is -4.23. The fourth-order valence-corrected chi connectivity index (χ4v) is 5.86. The second-order valence-corrected chi connectivity index (χ2v) is 12.3. The average Bonchev–Trinajstić information content (AvgIpc) is 2.89. The fourth-order valence-electron chi connectivity index (χ4n) is 4.00. The summed E-state index contributed by atoms with van der Waals surface area (Å²) in [4.78, 5) is 28.2. The number of nitrogens with zero attached hydrogens (tertiary/aromatic N) is 2. The van der Waals surface area contributed by atoms with Crippen LogP contribution >= 0.6 is 23.2 Å². The normalized spacial score (nSPS) is 12.2. The molecule has 0 saturated carbocycles. The lowest BCUT2D eigenvalue weighted by atomic mass is 10.1. The van der Waals surface area contributed by atoms with Crippen molar-refractivity contribution in [1.29, 1.82) is 0 Å². The Balaban J connectivity index is 2.02. The largest absolute Gasteiger partial charge is 0.352 e. The van der Waals surface area contributed by atoms with E-state index in [1.165, 1.54) is 35.2 Å². The summed E-state index contributed by atoms with van der Waals surface area (Å²) in [7, 11) is -4.23. The predicted molar refractivity (Wildman–Crippen MR) is 157 cm³/mol. The maximum atomic E-state index is 13.9. The lowest BCUT2D eigenvalue weighted by Crippen LogP contribution is -2.53. The van der Waals surface area contributed by atoms with Gasteiger partial charge in [0, 0.05) is 17.6 Å². The molecule has 3 aromatic rings. The lowest BCUT2D eigenvalue weighted by molar-refractivity contribution is -0.139. The van der Waals surface area contributed by atoms with E-state index in [4.69, 9.17) is 23.2 Å². The van der Waals surface area contributed by atoms with Crippen LogP contribution in [0, 0.1) is 6.92 Å². The van der Waals surface area contributed by atoms with Crippen molar-refractivity contribution in [3.8, 4) is 0 Å².